The molecular formula is C10H9F6NO2. The number of halogens is 6. The number of hydrogen-bond acceptors (Lipinski definition) is 3. The van der Waals surface area contributed by atoms with Gasteiger partial charge in [-0.2, -0.15) is 0 Å². The van der Waals surface area contributed by atoms with Crippen LogP contribution in [0.3, 0.4) is 0 Å². The van der Waals surface area contributed by atoms with E-state index in [-0.39, 0.29) is 5.56 Å². The molecule has 0 spiro atoms. The lowest BCUT2D eigenvalue weighted by Crippen LogP contribution is -2.19. The van der Waals surface area contributed by atoms with E-state index in [2.05, 4.69) is 9.47 Å². The fourth-order valence-corrected chi connectivity index (χ4v) is 1.24. The molecule has 0 aliphatic rings. The minimum atomic E-state index is -5.02. The predicted octanol–water partition coefficient (Wildman–Crippen LogP) is 3.50. The quantitative estimate of drug-likeness (QED) is 0.866. The molecule has 1 aromatic carbocycles. The van der Waals surface area contributed by atoms with Gasteiger partial charge in [0.15, 0.2) is 0 Å². The molecule has 0 amide bonds. The van der Waals surface area contributed by atoms with Gasteiger partial charge in [0.05, 0.1) is 0 Å². The highest BCUT2D eigenvalue weighted by molar-refractivity contribution is 5.39. The second-order valence-corrected chi connectivity index (χ2v) is 3.62. The summed E-state index contributed by atoms with van der Waals surface area (Å²) in [6.07, 6.45) is -10.0. The van der Waals surface area contributed by atoms with Crippen LogP contribution in [-0.4, -0.2) is 12.7 Å². The van der Waals surface area contributed by atoms with Crippen molar-refractivity contribution in [3.8, 4) is 11.5 Å². The maximum absolute atomic E-state index is 12.0. The van der Waals surface area contributed by atoms with E-state index in [1.54, 1.807) is 0 Å². The summed E-state index contributed by atoms with van der Waals surface area (Å²) < 4.78 is 79.3. The van der Waals surface area contributed by atoms with Crippen molar-refractivity contribution < 1.29 is 35.8 Å². The fraction of sp³-hybridized carbons (Fsp3) is 0.400. The maximum atomic E-state index is 12.0. The lowest BCUT2D eigenvalue weighted by Gasteiger charge is -2.15. The van der Waals surface area contributed by atoms with Gasteiger partial charge in [-0.25, -0.2) is 0 Å². The van der Waals surface area contributed by atoms with Gasteiger partial charge < -0.3 is 15.2 Å². The van der Waals surface area contributed by atoms with Crippen molar-refractivity contribution in [1.29, 1.82) is 0 Å². The molecule has 9 heteroatoms. The van der Waals surface area contributed by atoms with Gasteiger partial charge >= 0.3 is 12.7 Å². The average molecular weight is 289 g/mol. The van der Waals surface area contributed by atoms with Crippen LogP contribution in [0.2, 0.25) is 0 Å². The first-order chi connectivity index (χ1) is 8.46. The Morgan fingerprint density at radius 3 is 1.53 bits per heavy atom. The van der Waals surface area contributed by atoms with Crippen LogP contribution in [0.1, 0.15) is 18.5 Å². The van der Waals surface area contributed by atoms with Crippen molar-refractivity contribution in [3.05, 3.63) is 23.8 Å². The number of ether oxygens (including phenoxy) is 2. The Bertz CT molecular complexity index is 406. The Morgan fingerprint density at radius 2 is 1.26 bits per heavy atom. The number of nitrogens with two attached hydrogens (primary N) is 1. The Morgan fingerprint density at radius 1 is 0.895 bits per heavy atom. The summed E-state index contributed by atoms with van der Waals surface area (Å²) in [6, 6.07) is 1.47. The number of hydrogen-bond donors (Lipinski definition) is 1. The number of alkyl halides is 6. The van der Waals surface area contributed by atoms with Gasteiger partial charge in [0, 0.05) is 12.1 Å². The molecular weight excluding hydrogens is 280 g/mol. The van der Waals surface area contributed by atoms with E-state index in [9.17, 15) is 26.3 Å². The van der Waals surface area contributed by atoms with Crippen LogP contribution < -0.4 is 15.2 Å². The van der Waals surface area contributed by atoms with E-state index in [0.29, 0.717) is 6.07 Å². The third kappa shape index (κ3) is 5.69. The largest absolute Gasteiger partial charge is 0.573 e. The van der Waals surface area contributed by atoms with Gasteiger partial charge in [-0.3, -0.25) is 0 Å². The highest BCUT2D eigenvalue weighted by Crippen LogP contribution is 2.32. The van der Waals surface area contributed by atoms with Crippen molar-refractivity contribution in [2.45, 2.75) is 25.7 Å². The SMILES string of the molecule is C[C@H](N)c1cc(OC(F)(F)F)cc(OC(F)(F)F)c1. The molecule has 0 heterocycles. The van der Waals surface area contributed by atoms with E-state index < -0.39 is 30.3 Å². The Kier molecular flexibility index (Phi) is 4.18. The first-order valence-corrected chi connectivity index (χ1v) is 4.88. The molecule has 1 atom stereocenters. The summed E-state index contributed by atoms with van der Waals surface area (Å²) in [4.78, 5) is 0. The molecule has 0 unspecified atom stereocenters. The molecule has 19 heavy (non-hydrogen) atoms. The van der Waals surface area contributed by atoms with E-state index in [1.807, 2.05) is 0 Å². The number of rotatable bonds is 3. The summed E-state index contributed by atoms with van der Waals surface area (Å²) in [6.45, 7) is 1.39. The summed E-state index contributed by atoms with van der Waals surface area (Å²) in [5.41, 5.74) is 5.42. The molecule has 0 fully saturated rings. The molecule has 108 valence electrons. The van der Waals surface area contributed by atoms with Crippen molar-refractivity contribution in [3.63, 3.8) is 0 Å². The molecule has 2 N–H and O–H groups in total. The summed E-state index contributed by atoms with van der Waals surface area (Å²) in [7, 11) is 0. The highest BCUT2D eigenvalue weighted by Gasteiger charge is 2.34. The van der Waals surface area contributed by atoms with Gasteiger partial charge in [-0.05, 0) is 24.6 Å². The third-order valence-corrected chi connectivity index (χ3v) is 1.90. The monoisotopic (exact) mass is 289 g/mol. The Labute approximate surface area is 103 Å². The zero-order valence-electron chi connectivity index (χ0n) is 9.47. The molecule has 1 rings (SSSR count). The van der Waals surface area contributed by atoms with E-state index in [1.165, 1.54) is 6.92 Å². The first kappa shape index (κ1) is 15.4. The van der Waals surface area contributed by atoms with Crippen molar-refractivity contribution in [2.75, 3.05) is 0 Å². The summed E-state index contributed by atoms with van der Waals surface area (Å²) in [5, 5.41) is 0. The lowest BCUT2D eigenvalue weighted by molar-refractivity contribution is -0.276. The molecule has 3 nitrogen and oxygen atoms in total. The average Bonchev–Trinajstić information content (AvgIpc) is 2.10. The standard InChI is InChI=1S/C10H9F6NO2/c1-5(17)6-2-7(18-9(11,12)13)4-8(3-6)19-10(14,15)16/h2-5H,17H2,1H3/t5-/m0/s1. The van der Waals surface area contributed by atoms with E-state index in [4.69, 9.17) is 5.73 Å². The minimum Gasteiger partial charge on any atom is -0.406 e. The summed E-state index contributed by atoms with van der Waals surface area (Å²) in [5.74, 6) is -1.66. The van der Waals surface area contributed by atoms with Crippen molar-refractivity contribution in [2.24, 2.45) is 5.73 Å². The van der Waals surface area contributed by atoms with Crippen LogP contribution in [0.15, 0.2) is 18.2 Å². The minimum absolute atomic E-state index is 0.0148. The molecule has 0 aliphatic heterocycles. The van der Waals surface area contributed by atoms with Crippen LogP contribution in [0.25, 0.3) is 0 Å². The second kappa shape index (κ2) is 5.16. The lowest BCUT2D eigenvalue weighted by atomic mass is 10.1. The smallest absolute Gasteiger partial charge is 0.406 e. The van der Waals surface area contributed by atoms with Crippen molar-refractivity contribution >= 4 is 0 Å². The van der Waals surface area contributed by atoms with Crippen LogP contribution in [-0.2, 0) is 0 Å². The third-order valence-electron chi connectivity index (χ3n) is 1.90. The number of benzene rings is 1. The fourth-order valence-electron chi connectivity index (χ4n) is 1.24. The van der Waals surface area contributed by atoms with Crippen LogP contribution in [0.5, 0.6) is 11.5 Å². The molecule has 0 bridgehead atoms. The van der Waals surface area contributed by atoms with Crippen molar-refractivity contribution in [1.82, 2.24) is 0 Å². The van der Waals surface area contributed by atoms with E-state index in [0.717, 1.165) is 12.1 Å². The molecule has 0 saturated heterocycles. The van der Waals surface area contributed by atoms with Gasteiger partial charge in [-0.1, -0.05) is 0 Å². The molecule has 0 radical (unpaired) electrons. The molecule has 0 aliphatic carbocycles. The van der Waals surface area contributed by atoms with Gasteiger partial charge in [0.1, 0.15) is 11.5 Å². The molecule has 1 aromatic rings. The Balaban J connectivity index is 3.11. The topological polar surface area (TPSA) is 44.5 Å². The van der Waals surface area contributed by atoms with Crippen LogP contribution in [0, 0.1) is 0 Å². The predicted molar refractivity (Wildman–Crippen MR) is 52.4 cm³/mol. The van der Waals surface area contributed by atoms with Gasteiger partial charge in [-0.15, -0.1) is 26.3 Å². The van der Waals surface area contributed by atoms with E-state index >= 15 is 0 Å². The zero-order valence-corrected chi connectivity index (χ0v) is 9.47. The van der Waals surface area contributed by atoms with Crippen LogP contribution >= 0.6 is 0 Å². The summed E-state index contributed by atoms with van der Waals surface area (Å²) >= 11 is 0. The molecule has 0 saturated carbocycles. The normalized spacial score (nSPS) is 14.1. The maximum Gasteiger partial charge on any atom is 0.573 e. The Hall–Kier alpha value is -1.64. The zero-order chi connectivity index (χ0) is 14.8. The van der Waals surface area contributed by atoms with Crippen LogP contribution in [0.4, 0.5) is 26.3 Å². The van der Waals surface area contributed by atoms with Gasteiger partial charge in [0.25, 0.3) is 0 Å². The second-order valence-electron chi connectivity index (χ2n) is 3.62. The highest BCUT2D eigenvalue weighted by atomic mass is 19.4. The first-order valence-electron chi connectivity index (χ1n) is 4.88. The van der Waals surface area contributed by atoms with Gasteiger partial charge in [0.2, 0.25) is 0 Å². The molecule has 0 aromatic heterocycles.